The van der Waals surface area contributed by atoms with E-state index in [4.69, 9.17) is 5.14 Å². The fraction of sp³-hybridized carbons (Fsp3) is 0. The highest BCUT2D eigenvalue weighted by molar-refractivity contribution is 7.89. The van der Waals surface area contributed by atoms with Crippen molar-refractivity contribution in [2.75, 3.05) is 0 Å². The highest BCUT2D eigenvalue weighted by Crippen LogP contribution is 2.15. The van der Waals surface area contributed by atoms with Crippen LogP contribution in [-0.2, 0) is 10.0 Å². The van der Waals surface area contributed by atoms with Gasteiger partial charge in [-0.25, -0.2) is 19.0 Å². The van der Waals surface area contributed by atoms with Crippen LogP contribution in [0.4, 0.5) is 5.69 Å². The predicted octanol–water partition coefficient (Wildman–Crippen LogP) is 1.01. The number of benzene rings is 2. The van der Waals surface area contributed by atoms with Gasteiger partial charge in [-0.05, 0) is 18.2 Å². The number of hydrogen-bond acceptors (Lipinski definition) is 6. The molecule has 0 aliphatic heterocycles. The average molecular weight is 348 g/mol. The van der Waals surface area contributed by atoms with Crippen LogP contribution >= 0.6 is 0 Å². The van der Waals surface area contributed by atoms with Crippen molar-refractivity contribution in [2.24, 2.45) is 10.2 Å². The van der Waals surface area contributed by atoms with Gasteiger partial charge in [0.2, 0.25) is 10.0 Å². The number of carbonyl (C=O) groups excluding carboxylic acids is 1. The van der Waals surface area contributed by atoms with Crippen LogP contribution in [0.5, 0.6) is 0 Å². The molecule has 9 nitrogen and oxygen atoms in total. The smallest absolute Gasteiger partial charge is 0.267 e. The van der Waals surface area contributed by atoms with Gasteiger partial charge in [-0.15, -0.1) is 0 Å². The van der Waals surface area contributed by atoms with E-state index in [0.717, 1.165) is 6.21 Å². The Kier molecular flexibility index (Phi) is 5.02. The fourth-order valence-electron chi connectivity index (χ4n) is 1.89. The van der Waals surface area contributed by atoms with Crippen LogP contribution < -0.4 is 10.6 Å². The normalized spacial score (nSPS) is 11.4. The number of sulfonamides is 1. The Morgan fingerprint density at radius 2 is 1.79 bits per heavy atom. The lowest BCUT2D eigenvalue weighted by Gasteiger charge is -2.05. The van der Waals surface area contributed by atoms with Gasteiger partial charge in [0, 0.05) is 6.07 Å². The molecule has 24 heavy (non-hydrogen) atoms. The third kappa shape index (κ3) is 4.00. The van der Waals surface area contributed by atoms with Gasteiger partial charge in [-0.3, -0.25) is 14.9 Å². The molecule has 0 aromatic heterocycles. The predicted molar refractivity (Wildman–Crippen MR) is 86.0 cm³/mol. The van der Waals surface area contributed by atoms with Gasteiger partial charge in [-0.2, -0.15) is 5.10 Å². The van der Waals surface area contributed by atoms with E-state index in [0.29, 0.717) is 0 Å². The molecule has 0 saturated carbocycles. The number of hydrazone groups is 1. The number of nitrogens with two attached hydrogens (primary N) is 1. The summed E-state index contributed by atoms with van der Waals surface area (Å²) >= 11 is 0. The summed E-state index contributed by atoms with van der Waals surface area (Å²) in [6.07, 6.45) is 1.09. The molecule has 2 aromatic carbocycles. The van der Waals surface area contributed by atoms with Gasteiger partial charge in [-0.1, -0.05) is 24.3 Å². The van der Waals surface area contributed by atoms with Crippen LogP contribution in [0.25, 0.3) is 0 Å². The molecule has 0 fully saturated rings. The number of nitrogens with zero attached hydrogens (tertiary/aromatic N) is 2. The zero-order valence-corrected chi connectivity index (χ0v) is 12.9. The van der Waals surface area contributed by atoms with Crippen LogP contribution in [0.3, 0.4) is 0 Å². The van der Waals surface area contributed by atoms with E-state index in [1.54, 1.807) is 6.07 Å². The van der Waals surface area contributed by atoms with Crippen LogP contribution in [0.1, 0.15) is 15.9 Å². The molecule has 0 radical (unpaired) electrons. The minimum absolute atomic E-state index is 0.180. The molecule has 2 rings (SSSR count). The maximum absolute atomic E-state index is 12.0. The standard InChI is InChI=1S/C14H12N4O5S/c15-24(22,23)13-8-4-2-6-11(13)14(19)17-16-9-10-5-1-3-7-12(10)18(20)21/h1-9H,(H,17,19)(H2,15,22,23)/b16-9+. The summed E-state index contributed by atoms with van der Waals surface area (Å²) in [6.45, 7) is 0. The summed E-state index contributed by atoms with van der Waals surface area (Å²) in [4.78, 5) is 22.0. The third-order valence-corrected chi connectivity index (χ3v) is 3.91. The summed E-state index contributed by atoms with van der Waals surface area (Å²) in [5, 5.41) is 19.5. The molecule has 0 heterocycles. The quantitative estimate of drug-likeness (QED) is 0.470. The molecule has 0 aliphatic rings. The second kappa shape index (κ2) is 6.98. The monoisotopic (exact) mass is 348 g/mol. The number of rotatable bonds is 5. The summed E-state index contributed by atoms with van der Waals surface area (Å²) in [7, 11) is -4.08. The fourth-order valence-corrected chi connectivity index (χ4v) is 2.62. The molecular formula is C14H12N4O5S. The molecule has 0 unspecified atom stereocenters. The Morgan fingerprint density at radius 3 is 2.46 bits per heavy atom. The highest BCUT2D eigenvalue weighted by atomic mass is 32.2. The number of amides is 1. The topological polar surface area (TPSA) is 145 Å². The van der Waals surface area contributed by atoms with Crippen molar-refractivity contribution in [3.05, 3.63) is 69.8 Å². The number of nitrogens with one attached hydrogen (secondary N) is 1. The van der Waals surface area contributed by atoms with Crippen LogP contribution in [0, 0.1) is 10.1 Å². The van der Waals surface area contributed by atoms with E-state index in [1.165, 1.54) is 42.5 Å². The Balaban J connectivity index is 2.23. The lowest BCUT2D eigenvalue weighted by Crippen LogP contribution is -2.23. The summed E-state index contributed by atoms with van der Waals surface area (Å²) in [6, 6.07) is 11.2. The second-order valence-corrected chi connectivity index (χ2v) is 6.09. The van der Waals surface area contributed by atoms with E-state index in [2.05, 4.69) is 10.5 Å². The Hall–Kier alpha value is -3.11. The largest absolute Gasteiger partial charge is 0.278 e. The molecule has 124 valence electrons. The summed E-state index contributed by atoms with van der Waals surface area (Å²) in [5.41, 5.74) is 1.94. The zero-order chi connectivity index (χ0) is 17.7. The van der Waals surface area contributed by atoms with Crippen molar-refractivity contribution in [1.29, 1.82) is 0 Å². The van der Waals surface area contributed by atoms with E-state index < -0.39 is 20.9 Å². The van der Waals surface area contributed by atoms with Gasteiger partial charge in [0.1, 0.15) is 0 Å². The lowest BCUT2D eigenvalue weighted by atomic mass is 10.2. The van der Waals surface area contributed by atoms with Crippen LogP contribution in [0.15, 0.2) is 58.5 Å². The van der Waals surface area contributed by atoms with Gasteiger partial charge in [0.05, 0.1) is 27.2 Å². The van der Waals surface area contributed by atoms with Crippen LogP contribution in [0.2, 0.25) is 0 Å². The molecule has 10 heteroatoms. The summed E-state index contributed by atoms with van der Waals surface area (Å²) < 4.78 is 22.9. The molecular weight excluding hydrogens is 336 g/mol. The minimum Gasteiger partial charge on any atom is -0.267 e. The first-order valence-electron chi connectivity index (χ1n) is 6.49. The number of nitro groups is 1. The molecule has 0 bridgehead atoms. The number of primary sulfonamides is 1. The Bertz CT molecular complexity index is 924. The molecule has 3 N–H and O–H groups in total. The van der Waals surface area contributed by atoms with E-state index in [1.807, 2.05) is 0 Å². The maximum Gasteiger partial charge on any atom is 0.278 e. The van der Waals surface area contributed by atoms with Crippen molar-refractivity contribution < 1.29 is 18.1 Å². The van der Waals surface area contributed by atoms with Crippen molar-refractivity contribution in [2.45, 2.75) is 4.90 Å². The zero-order valence-electron chi connectivity index (χ0n) is 12.1. The molecule has 1 amide bonds. The maximum atomic E-state index is 12.0. The molecule has 0 saturated heterocycles. The van der Waals surface area contributed by atoms with Crippen LogP contribution in [-0.4, -0.2) is 25.5 Å². The first-order valence-corrected chi connectivity index (χ1v) is 8.04. The molecule has 0 spiro atoms. The Morgan fingerprint density at radius 1 is 1.17 bits per heavy atom. The van der Waals surface area contributed by atoms with Gasteiger partial charge < -0.3 is 0 Å². The van der Waals surface area contributed by atoms with E-state index in [9.17, 15) is 23.3 Å². The lowest BCUT2D eigenvalue weighted by molar-refractivity contribution is -0.385. The van der Waals surface area contributed by atoms with Gasteiger partial charge in [0.25, 0.3) is 11.6 Å². The molecule has 2 aromatic rings. The number of nitro benzene ring substituents is 1. The molecule has 0 atom stereocenters. The number of para-hydroxylation sites is 1. The van der Waals surface area contributed by atoms with Gasteiger partial charge in [0.15, 0.2) is 0 Å². The highest BCUT2D eigenvalue weighted by Gasteiger charge is 2.18. The van der Waals surface area contributed by atoms with Crippen molar-refractivity contribution >= 4 is 27.8 Å². The van der Waals surface area contributed by atoms with Crippen molar-refractivity contribution in [3.8, 4) is 0 Å². The summed E-state index contributed by atoms with van der Waals surface area (Å²) in [5.74, 6) is -0.811. The third-order valence-electron chi connectivity index (χ3n) is 2.94. The SMILES string of the molecule is NS(=O)(=O)c1ccccc1C(=O)N/N=C/c1ccccc1[N+](=O)[O-]. The molecule has 0 aliphatic carbocycles. The Labute approximate surface area is 137 Å². The van der Waals surface area contributed by atoms with Crippen molar-refractivity contribution in [1.82, 2.24) is 5.43 Å². The van der Waals surface area contributed by atoms with Gasteiger partial charge >= 0.3 is 0 Å². The van der Waals surface area contributed by atoms with E-state index in [-0.39, 0.29) is 21.7 Å². The van der Waals surface area contributed by atoms with E-state index >= 15 is 0 Å². The minimum atomic E-state index is -4.08. The first-order chi connectivity index (χ1) is 11.3. The second-order valence-electron chi connectivity index (χ2n) is 4.56. The number of hydrogen-bond donors (Lipinski definition) is 2. The van der Waals surface area contributed by atoms with Crippen molar-refractivity contribution in [3.63, 3.8) is 0 Å². The number of carbonyl (C=O) groups is 1. The average Bonchev–Trinajstić information content (AvgIpc) is 2.54. The first kappa shape index (κ1) is 17.2.